The lowest BCUT2D eigenvalue weighted by Gasteiger charge is -2.29. The molecule has 0 aromatic carbocycles. The van der Waals surface area contributed by atoms with Crippen LogP contribution in [0.5, 0.6) is 0 Å². The topological polar surface area (TPSA) is 222 Å². The molecule has 0 aromatic rings. The van der Waals surface area contributed by atoms with Gasteiger partial charge in [-0.2, -0.15) is 0 Å². The van der Waals surface area contributed by atoms with Crippen LogP contribution >= 0.6 is 0 Å². The highest BCUT2D eigenvalue weighted by Crippen LogP contribution is 2.19. The van der Waals surface area contributed by atoms with Gasteiger partial charge in [0.25, 0.3) is 0 Å². The zero-order chi connectivity index (χ0) is 27.7. The first-order valence-electron chi connectivity index (χ1n) is 11.6. The van der Waals surface area contributed by atoms with Crippen LogP contribution < -0.4 is 5.32 Å². The number of Topliss-reactive ketones (excluding diaryl/α,β-unsaturated/α-hetero) is 1. The first-order chi connectivity index (χ1) is 16.9. The number of unbranched alkanes of at least 4 members (excludes halogenated alkanes) is 2. The normalized spacial score (nSPS) is 12.9. The Balaban J connectivity index is 5.45. The molecule has 14 nitrogen and oxygen atoms in total. The second-order valence-electron chi connectivity index (χ2n) is 8.51. The molecule has 0 spiro atoms. The molecule has 36 heavy (non-hydrogen) atoms. The van der Waals surface area contributed by atoms with E-state index in [4.69, 9.17) is 10.2 Å². The average molecular weight is 520 g/mol. The van der Waals surface area contributed by atoms with Crippen molar-refractivity contribution in [3.63, 3.8) is 0 Å². The number of carbonyl (C=O) groups is 6. The summed E-state index contributed by atoms with van der Waals surface area (Å²) in [5.74, 6) is -7.91. The van der Waals surface area contributed by atoms with Gasteiger partial charge in [-0.05, 0) is 45.8 Å². The molecule has 0 rings (SSSR count). The lowest BCUT2D eigenvalue weighted by molar-refractivity contribution is -0.148. The number of carboxylic acid groups (broad SMARTS) is 5. The summed E-state index contributed by atoms with van der Waals surface area (Å²) in [6.45, 7) is -1.76. The molecule has 6 N–H and O–H groups in total. The number of nitrogens with one attached hydrogen (secondary N) is 1. The van der Waals surface area contributed by atoms with Crippen molar-refractivity contribution in [3.8, 4) is 0 Å². The van der Waals surface area contributed by atoms with Crippen LogP contribution in [0.4, 0.5) is 0 Å². The summed E-state index contributed by atoms with van der Waals surface area (Å²) >= 11 is 0. The van der Waals surface area contributed by atoms with E-state index in [-0.39, 0.29) is 38.6 Å². The van der Waals surface area contributed by atoms with E-state index in [1.165, 1.54) is 4.90 Å². The van der Waals surface area contributed by atoms with Gasteiger partial charge in [-0.1, -0.05) is 12.8 Å². The Morgan fingerprint density at radius 3 is 1.64 bits per heavy atom. The van der Waals surface area contributed by atoms with E-state index in [1.54, 1.807) is 7.05 Å². The standard InChI is InChI=1S/C22H37N3O11/c1-23-8-4-2-6-15(22(35)36)10-17(26)16(25(13-20(31)32)14-21(33)34)7-3-5-9-24(11-18(27)28)12-19(29)30/h15-16,23H,2-14H2,1H3,(H,27,28)(H,29,30)(H,31,32)(H,33,34)(H,35,36)/t15-,16+/m1/s1. The molecular weight excluding hydrogens is 482 g/mol. The van der Waals surface area contributed by atoms with E-state index in [2.05, 4.69) is 5.32 Å². The summed E-state index contributed by atoms with van der Waals surface area (Å²) in [7, 11) is 1.75. The predicted octanol–water partition coefficient (Wildman–Crippen LogP) is -0.483. The molecule has 206 valence electrons. The zero-order valence-electron chi connectivity index (χ0n) is 20.4. The maximum absolute atomic E-state index is 13.1. The zero-order valence-corrected chi connectivity index (χ0v) is 20.4. The third kappa shape index (κ3) is 15.7. The number of hydrogen-bond donors (Lipinski definition) is 6. The minimum atomic E-state index is -1.36. The SMILES string of the molecule is CNCCCC[C@H](CC(=O)[C@H](CCCCN(CC(=O)O)CC(=O)O)N(CC(=O)O)CC(=O)O)C(=O)O. The van der Waals surface area contributed by atoms with E-state index in [1.807, 2.05) is 0 Å². The fraction of sp³-hybridized carbons (Fsp3) is 0.727. The van der Waals surface area contributed by atoms with Crippen LogP contribution in [0.1, 0.15) is 44.9 Å². The van der Waals surface area contributed by atoms with Gasteiger partial charge < -0.3 is 30.8 Å². The number of nitrogens with zero attached hydrogens (tertiary/aromatic N) is 2. The van der Waals surface area contributed by atoms with Gasteiger partial charge in [-0.25, -0.2) is 0 Å². The van der Waals surface area contributed by atoms with Gasteiger partial charge in [0.2, 0.25) is 0 Å². The van der Waals surface area contributed by atoms with Crippen LogP contribution in [-0.4, -0.2) is 123 Å². The first-order valence-corrected chi connectivity index (χ1v) is 11.6. The van der Waals surface area contributed by atoms with Crippen LogP contribution in [0.25, 0.3) is 0 Å². The number of carbonyl (C=O) groups excluding carboxylic acids is 1. The Kier molecular flexibility index (Phi) is 16.6. The summed E-state index contributed by atoms with van der Waals surface area (Å²) in [5, 5.41) is 48.8. The average Bonchev–Trinajstić information content (AvgIpc) is 2.73. The van der Waals surface area contributed by atoms with Crippen molar-refractivity contribution in [2.75, 3.05) is 46.3 Å². The van der Waals surface area contributed by atoms with Crippen LogP contribution in [0, 0.1) is 5.92 Å². The highest BCUT2D eigenvalue weighted by Gasteiger charge is 2.32. The van der Waals surface area contributed by atoms with Gasteiger partial charge in [0, 0.05) is 6.42 Å². The van der Waals surface area contributed by atoms with Crippen LogP contribution in [-0.2, 0) is 28.8 Å². The summed E-state index contributed by atoms with van der Waals surface area (Å²) in [6.07, 6.45) is 1.57. The summed E-state index contributed by atoms with van der Waals surface area (Å²) in [5.41, 5.74) is 0. The van der Waals surface area contributed by atoms with Crippen LogP contribution in [0.3, 0.4) is 0 Å². The highest BCUT2D eigenvalue weighted by molar-refractivity contribution is 5.88. The molecular formula is C22H37N3O11. The molecule has 0 amide bonds. The fourth-order valence-corrected chi connectivity index (χ4v) is 3.82. The molecule has 0 saturated heterocycles. The lowest BCUT2D eigenvalue weighted by atomic mass is 9.91. The summed E-state index contributed by atoms with van der Waals surface area (Å²) < 4.78 is 0. The molecule has 0 aliphatic heterocycles. The predicted molar refractivity (Wildman–Crippen MR) is 125 cm³/mol. The van der Waals surface area contributed by atoms with Crippen molar-refractivity contribution in [2.24, 2.45) is 5.92 Å². The van der Waals surface area contributed by atoms with E-state index < -0.39 is 73.8 Å². The van der Waals surface area contributed by atoms with Gasteiger partial charge in [0.1, 0.15) is 0 Å². The van der Waals surface area contributed by atoms with E-state index in [9.17, 15) is 44.1 Å². The molecule has 0 fully saturated rings. The van der Waals surface area contributed by atoms with Crippen molar-refractivity contribution in [2.45, 2.75) is 51.0 Å². The smallest absolute Gasteiger partial charge is 0.317 e. The molecule has 0 bridgehead atoms. The molecule has 0 heterocycles. The maximum Gasteiger partial charge on any atom is 0.317 e. The number of carboxylic acids is 5. The first kappa shape index (κ1) is 32.9. The largest absolute Gasteiger partial charge is 0.481 e. The van der Waals surface area contributed by atoms with Crippen molar-refractivity contribution < 1.29 is 54.3 Å². The minimum absolute atomic E-state index is 0.000526. The Hall–Kier alpha value is -3.10. The lowest BCUT2D eigenvalue weighted by Crippen LogP contribution is -2.47. The molecule has 0 aliphatic rings. The van der Waals surface area contributed by atoms with Gasteiger partial charge in [-0.3, -0.25) is 38.6 Å². The third-order valence-corrected chi connectivity index (χ3v) is 5.43. The van der Waals surface area contributed by atoms with Crippen molar-refractivity contribution in [1.29, 1.82) is 0 Å². The van der Waals surface area contributed by atoms with Crippen molar-refractivity contribution in [1.82, 2.24) is 15.1 Å². The molecule has 0 unspecified atom stereocenters. The van der Waals surface area contributed by atoms with E-state index >= 15 is 0 Å². The fourth-order valence-electron chi connectivity index (χ4n) is 3.82. The number of ketones is 1. The van der Waals surface area contributed by atoms with Gasteiger partial charge in [-0.15, -0.1) is 0 Å². The number of aliphatic carboxylic acids is 5. The van der Waals surface area contributed by atoms with Gasteiger partial charge in [0.05, 0.1) is 38.1 Å². The Bertz CT molecular complexity index is 728. The Morgan fingerprint density at radius 2 is 1.19 bits per heavy atom. The van der Waals surface area contributed by atoms with Gasteiger partial charge in [0.15, 0.2) is 5.78 Å². The third-order valence-electron chi connectivity index (χ3n) is 5.43. The summed E-state index contributed by atoms with van der Waals surface area (Å²) in [4.78, 5) is 71.4. The van der Waals surface area contributed by atoms with Crippen LogP contribution in [0.2, 0.25) is 0 Å². The van der Waals surface area contributed by atoms with Crippen molar-refractivity contribution in [3.05, 3.63) is 0 Å². The highest BCUT2D eigenvalue weighted by atomic mass is 16.4. The van der Waals surface area contributed by atoms with E-state index in [0.29, 0.717) is 19.4 Å². The molecule has 2 atom stereocenters. The second-order valence-corrected chi connectivity index (χ2v) is 8.51. The number of rotatable bonds is 23. The molecule has 14 heteroatoms. The summed E-state index contributed by atoms with van der Waals surface area (Å²) in [6, 6.07) is -1.18. The monoisotopic (exact) mass is 519 g/mol. The number of hydrogen-bond acceptors (Lipinski definition) is 9. The Labute approximate surface area is 208 Å². The quantitative estimate of drug-likeness (QED) is 0.0938. The molecule has 0 aliphatic carbocycles. The van der Waals surface area contributed by atoms with Crippen molar-refractivity contribution >= 4 is 35.6 Å². The molecule has 0 radical (unpaired) electrons. The minimum Gasteiger partial charge on any atom is -0.481 e. The van der Waals surface area contributed by atoms with Crippen LogP contribution in [0.15, 0.2) is 0 Å². The van der Waals surface area contributed by atoms with Gasteiger partial charge >= 0.3 is 29.8 Å². The molecule has 0 saturated carbocycles. The molecule has 0 aromatic heterocycles. The second kappa shape index (κ2) is 18.2. The maximum atomic E-state index is 13.1. The Morgan fingerprint density at radius 1 is 0.694 bits per heavy atom. The van der Waals surface area contributed by atoms with E-state index in [0.717, 1.165) is 4.90 Å².